The first-order valence-electron chi connectivity index (χ1n) is 10.9. The summed E-state index contributed by atoms with van der Waals surface area (Å²) in [5, 5.41) is 2.90. The molecule has 3 N–H and O–H groups in total. The largest absolute Gasteiger partial charge is 0.398 e. The summed E-state index contributed by atoms with van der Waals surface area (Å²) in [5.41, 5.74) is 6.54. The lowest BCUT2D eigenvalue weighted by Gasteiger charge is -2.33. The fourth-order valence-corrected chi connectivity index (χ4v) is 4.64. The summed E-state index contributed by atoms with van der Waals surface area (Å²) >= 11 is 0. The second-order valence-electron chi connectivity index (χ2n) is 8.86. The van der Waals surface area contributed by atoms with Gasteiger partial charge in [-0.1, -0.05) is 19.1 Å². The predicted molar refractivity (Wildman–Crippen MR) is 120 cm³/mol. The molecular formula is C24H29N5O3. The molecule has 3 atom stereocenters. The van der Waals surface area contributed by atoms with Gasteiger partial charge in [-0.15, -0.1) is 0 Å². The van der Waals surface area contributed by atoms with E-state index < -0.39 is 17.3 Å². The van der Waals surface area contributed by atoms with Crippen LogP contribution in [-0.4, -0.2) is 65.6 Å². The van der Waals surface area contributed by atoms with Crippen LogP contribution in [0.15, 0.2) is 48.8 Å². The highest BCUT2D eigenvalue weighted by Crippen LogP contribution is 2.61. The maximum atomic E-state index is 13.5. The lowest BCUT2D eigenvalue weighted by molar-refractivity contribution is -0.136. The molecule has 32 heavy (non-hydrogen) atoms. The molecule has 8 heteroatoms. The van der Waals surface area contributed by atoms with Crippen molar-refractivity contribution in [2.45, 2.75) is 13.5 Å². The van der Waals surface area contributed by atoms with E-state index in [9.17, 15) is 14.4 Å². The molecule has 2 heterocycles. The Morgan fingerprint density at radius 1 is 1.06 bits per heavy atom. The number of Topliss-reactive ketones (excluding diaryl/α,β-unsaturated/α-hetero) is 1. The van der Waals surface area contributed by atoms with E-state index in [-0.39, 0.29) is 17.6 Å². The molecule has 2 amide bonds. The normalized spacial score (nSPS) is 25.2. The zero-order valence-corrected chi connectivity index (χ0v) is 18.5. The Morgan fingerprint density at radius 2 is 1.72 bits per heavy atom. The zero-order valence-electron chi connectivity index (χ0n) is 18.5. The third-order valence-corrected chi connectivity index (χ3v) is 6.79. The van der Waals surface area contributed by atoms with E-state index in [0.29, 0.717) is 30.9 Å². The summed E-state index contributed by atoms with van der Waals surface area (Å²) in [6.45, 7) is 4.76. The molecule has 1 aliphatic carbocycles. The molecule has 1 saturated heterocycles. The average molecular weight is 436 g/mol. The summed E-state index contributed by atoms with van der Waals surface area (Å²) in [7, 11) is 2.01. The minimum atomic E-state index is -1.13. The molecule has 0 bridgehead atoms. The van der Waals surface area contributed by atoms with Crippen LogP contribution in [0.3, 0.4) is 0 Å². The van der Waals surface area contributed by atoms with E-state index in [4.69, 9.17) is 5.73 Å². The molecule has 1 saturated carbocycles. The summed E-state index contributed by atoms with van der Waals surface area (Å²) < 4.78 is 0. The zero-order chi connectivity index (χ0) is 22.9. The number of aromatic nitrogens is 1. The molecule has 1 aromatic heterocycles. The van der Waals surface area contributed by atoms with Crippen molar-refractivity contribution < 1.29 is 14.4 Å². The van der Waals surface area contributed by atoms with Crippen molar-refractivity contribution in [3.05, 3.63) is 59.9 Å². The van der Waals surface area contributed by atoms with Gasteiger partial charge in [-0.25, -0.2) is 0 Å². The molecular weight excluding hydrogens is 406 g/mol. The Morgan fingerprint density at radius 3 is 2.38 bits per heavy atom. The van der Waals surface area contributed by atoms with Crippen molar-refractivity contribution in [3.63, 3.8) is 0 Å². The number of para-hydroxylation sites is 1. The topological polar surface area (TPSA) is 109 Å². The maximum Gasteiger partial charge on any atom is 0.227 e. The van der Waals surface area contributed by atoms with Gasteiger partial charge < -0.3 is 20.9 Å². The van der Waals surface area contributed by atoms with Gasteiger partial charge in [0, 0.05) is 56.4 Å². The highest BCUT2D eigenvalue weighted by atomic mass is 16.2. The van der Waals surface area contributed by atoms with Crippen LogP contribution in [0.1, 0.15) is 22.8 Å². The van der Waals surface area contributed by atoms with E-state index in [1.807, 2.05) is 19.2 Å². The number of hydrogen-bond donors (Lipinski definition) is 2. The first-order valence-corrected chi connectivity index (χ1v) is 10.9. The Labute approximate surface area is 187 Å². The summed E-state index contributed by atoms with van der Waals surface area (Å²) in [6.07, 6.45) is 3.31. The molecule has 4 rings (SSSR count). The number of ketones is 1. The van der Waals surface area contributed by atoms with Gasteiger partial charge in [-0.3, -0.25) is 19.4 Å². The smallest absolute Gasteiger partial charge is 0.227 e. The van der Waals surface area contributed by atoms with Crippen LogP contribution in [0.5, 0.6) is 0 Å². The number of carbonyl (C=O) groups excluding carboxylic acids is 3. The van der Waals surface area contributed by atoms with Crippen molar-refractivity contribution in [2.75, 3.05) is 39.0 Å². The second-order valence-corrected chi connectivity index (χ2v) is 8.86. The van der Waals surface area contributed by atoms with Crippen LogP contribution in [0.25, 0.3) is 0 Å². The van der Waals surface area contributed by atoms with Crippen molar-refractivity contribution in [1.82, 2.24) is 20.1 Å². The molecule has 0 spiro atoms. The van der Waals surface area contributed by atoms with Crippen LogP contribution < -0.4 is 11.1 Å². The van der Waals surface area contributed by atoms with Gasteiger partial charge in [0.1, 0.15) is 0 Å². The Bertz CT molecular complexity index is 1020. The number of nitrogens with two attached hydrogens (primary N) is 1. The lowest BCUT2D eigenvalue weighted by atomic mass is 9.91. The van der Waals surface area contributed by atoms with Crippen LogP contribution in [0.2, 0.25) is 0 Å². The molecule has 168 valence electrons. The van der Waals surface area contributed by atoms with Crippen LogP contribution in [0, 0.1) is 17.3 Å². The number of benzene rings is 1. The molecule has 2 aromatic rings. The third-order valence-electron chi connectivity index (χ3n) is 6.79. The number of anilines is 1. The fourth-order valence-electron chi connectivity index (χ4n) is 4.64. The summed E-state index contributed by atoms with van der Waals surface area (Å²) in [5.74, 6) is -2.11. The van der Waals surface area contributed by atoms with E-state index in [0.717, 1.165) is 18.7 Å². The molecule has 2 aliphatic rings. The number of nitrogen functional groups attached to an aromatic ring is 1. The Kier molecular flexibility index (Phi) is 5.97. The van der Waals surface area contributed by atoms with Crippen LogP contribution >= 0.6 is 0 Å². The minimum Gasteiger partial charge on any atom is -0.398 e. The fraction of sp³-hybridized carbons (Fsp3) is 0.417. The van der Waals surface area contributed by atoms with Crippen molar-refractivity contribution in [3.8, 4) is 0 Å². The van der Waals surface area contributed by atoms with Gasteiger partial charge in [0.25, 0.3) is 0 Å². The molecule has 0 unspecified atom stereocenters. The average Bonchev–Trinajstić information content (AvgIpc) is 3.45. The van der Waals surface area contributed by atoms with Gasteiger partial charge in [0.05, 0.1) is 17.3 Å². The first kappa shape index (κ1) is 22.0. The summed E-state index contributed by atoms with van der Waals surface area (Å²) in [4.78, 5) is 48.1. The SMILES string of the molecule is CN1CCN(C(=O)[C@H]2[C@@H](C(=O)NCc3ccncc3)[C@@]2(C)C(=O)c2ccccc2N)CC1. The number of nitrogens with one attached hydrogen (secondary N) is 1. The third kappa shape index (κ3) is 3.98. The quantitative estimate of drug-likeness (QED) is 0.521. The van der Waals surface area contributed by atoms with E-state index in [1.54, 1.807) is 48.5 Å². The molecule has 1 aliphatic heterocycles. The number of likely N-dealkylation sites (N-methyl/N-ethyl adjacent to an activating group) is 1. The highest BCUT2D eigenvalue weighted by molar-refractivity contribution is 6.14. The Hall–Kier alpha value is -3.26. The van der Waals surface area contributed by atoms with E-state index in [2.05, 4.69) is 15.2 Å². The number of rotatable bonds is 6. The second kappa shape index (κ2) is 8.70. The van der Waals surface area contributed by atoms with Crippen molar-refractivity contribution in [2.24, 2.45) is 17.3 Å². The van der Waals surface area contributed by atoms with E-state index in [1.165, 1.54) is 0 Å². The number of carbonyl (C=O) groups is 3. The highest BCUT2D eigenvalue weighted by Gasteiger charge is 2.73. The number of nitrogens with zero attached hydrogens (tertiary/aromatic N) is 3. The van der Waals surface area contributed by atoms with Gasteiger partial charge in [0.2, 0.25) is 11.8 Å². The molecule has 2 fully saturated rings. The standard InChI is InChI=1S/C24H29N5O3/c1-24(21(30)17-5-3-4-6-18(17)25)19(22(31)27-15-16-7-9-26-10-8-16)20(24)23(32)29-13-11-28(2)12-14-29/h3-10,19-20H,11-15,25H2,1-2H3,(H,27,31)/t19-,20+,24+/m0/s1. The first-order chi connectivity index (χ1) is 15.3. The summed E-state index contributed by atoms with van der Waals surface area (Å²) in [6, 6.07) is 10.4. The van der Waals surface area contributed by atoms with Crippen molar-refractivity contribution >= 4 is 23.3 Å². The lowest BCUT2D eigenvalue weighted by Crippen LogP contribution is -2.48. The monoisotopic (exact) mass is 435 g/mol. The molecule has 0 radical (unpaired) electrons. The van der Waals surface area contributed by atoms with E-state index >= 15 is 0 Å². The van der Waals surface area contributed by atoms with Gasteiger partial charge in [0.15, 0.2) is 5.78 Å². The van der Waals surface area contributed by atoms with Gasteiger partial charge in [-0.05, 0) is 36.9 Å². The maximum absolute atomic E-state index is 13.5. The Balaban J connectivity index is 1.57. The number of hydrogen-bond acceptors (Lipinski definition) is 6. The van der Waals surface area contributed by atoms with Gasteiger partial charge in [-0.2, -0.15) is 0 Å². The van der Waals surface area contributed by atoms with Crippen molar-refractivity contribution in [1.29, 1.82) is 0 Å². The number of amides is 2. The molecule has 1 aromatic carbocycles. The predicted octanol–water partition coefficient (Wildman–Crippen LogP) is 1.19. The van der Waals surface area contributed by atoms with Gasteiger partial charge >= 0.3 is 0 Å². The molecule has 8 nitrogen and oxygen atoms in total. The van der Waals surface area contributed by atoms with Crippen LogP contribution in [0.4, 0.5) is 5.69 Å². The number of pyridine rings is 1. The minimum absolute atomic E-state index is 0.132. The van der Waals surface area contributed by atoms with Crippen LogP contribution in [-0.2, 0) is 16.1 Å². The number of piperazine rings is 1.